The van der Waals surface area contributed by atoms with Crippen molar-refractivity contribution in [2.45, 2.75) is 6.54 Å². The molecule has 4 heteroatoms. The van der Waals surface area contributed by atoms with Crippen molar-refractivity contribution in [1.82, 2.24) is 4.68 Å². The van der Waals surface area contributed by atoms with E-state index in [1.165, 1.54) is 0 Å². The summed E-state index contributed by atoms with van der Waals surface area (Å²) < 4.78 is 1.90. The summed E-state index contributed by atoms with van der Waals surface area (Å²) in [6, 6.07) is 22.3. The molecule has 0 spiro atoms. The Hall–Kier alpha value is -3.01. The summed E-state index contributed by atoms with van der Waals surface area (Å²) in [5.74, 6) is 0.520. The smallest absolute Gasteiger partial charge is 0.145 e. The summed E-state index contributed by atoms with van der Waals surface area (Å²) >= 11 is 0. The Bertz CT molecular complexity index is 789. The molecule has 23 heavy (non-hydrogen) atoms. The molecule has 0 atom stereocenters. The fourth-order valence-electron chi connectivity index (χ4n) is 2.57. The van der Waals surface area contributed by atoms with Gasteiger partial charge in [0.15, 0.2) is 0 Å². The summed E-state index contributed by atoms with van der Waals surface area (Å²) in [6.45, 7) is 0.565. The van der Waals surface area contributed by atoms with E-state index in [2.05, 4.69) is 22.6 Å². The lowest BCUT2D eigenvalue weighted by Gasteiger charge is -2.11. The molecule has 0 saturated heterocycles. The number of nitrogens with two attached hydrogens (primary N) is 1. The van der Waals surface area contributed by atoms with E-state index in [1.807, 2.05) is 72.5 Å². The molecule has 0 aliphatic carbocycles. The topological polar surface area (TPSA) is 55.3 Å². The average molecular weight is 304 g/mol. The number of nitrogens with zero attached hydrogens (tertiary/aromatic N) is 2. The molecule has 4 nitrogen and oxygen atoms in total. The number of hydrogen-bond acceptors (Lipinski definition) is 2. The van der Waals surface area contributed by atoms with Crippen LogP contribution in [0.25, 0.3) is 11.1 Å². The number of aliphatic imine (C=N–C) groups is 1. The highest BCUT2D eigenvalue weighted by atomic mass is 15.4. The van der Waals surface area contributed by atoms with Gasteiger partial charge in [-0.2, -0.15) is 0 Å². The van der Waals surface area contributed by atoms with E-state index in [9.17, 15) is 0 Å². The van der Waals surface area contributed by atoms with Crippen LogP contribution < -0.4 is 11.2 Å². The number of hydrogen-bond donors (Lipinski definition) is 2. The van der Waals surface area contributed by atoms with Crippen molar-refractivity contribution in [3.8, 4) is 11.1 Å². The molecular formula is C19H20N4. The van der Waals surface area contributed by atoms with Crippen LogP contribution in [0, 0.1) is 0 Å². The predicted molar refractivity (Wildman–Crippen MR) is 96.0 cm³/mol. The van der Waals surface area contributed by atoms with E-state index in [0.717, 1.165) is 22.4 Å². The first-order chi connectivity index (χ1) is 11.3. The molecule has 0 radical (unpaired) electrons. The molecule has 0 aliphatic heterocycles. The summed E-state index contributed by atoms with van der Waals surface area (Å²) in [4.78, 5) is 4.57. The third-order valence-electron chi connectivity index (χ3n) is 3.73. The van der Waals surface area contributed by atoms with E-state index >= 15 is 0 Å². The van der Waals surface area contributed by atoms with Crippen LogP contribution in [0.3, 0.4) is 0 Å². The monoisotopic (exact) mass is 304 g/mol. The highest BCUT2D eigenvalue weighted by Gasteiger charge is 2.14. The van der Waals surface area contributed by atoms with Crippen LogP contribution in [0.4, 0.5) is 0 Å². The van der Waals surface area contributed by atoms with Gasteiger partial charge in [-0.25, -0.2) is 0 Å². The maximum atomic E-state index is 6.29. The molecule has 0 amide bonds. The minimum atomic E-state index is 0.520. The van der Waals surface area contributed by atoms with Gasteiger partial charge in [0.05, 0.1) is 6.54 Å². The molecule has 116 valence electrons. The Kier molecular flexibility index (Phi) is 4.43. The maximum Gasteiger partial charge on any atom is 0.145 e. The third-order valence-corrected chi connectivity index (χ3v) is 3.73. The number of rotatable bonds is 5. The SMILES string of the molecule is CNn1ccc(-c2ccccc2)c1C(N)=NCc1ccccc1. The summed E-state index contributed by atoms with van der Waals surface area (Å²) in [5.41, 5.74) is 13.6. The molecule has 3 N–H and O–H groups in total. The summed E-state index contributed by atoms with van der Waals surface area (Å²) in [5, 5.41) is 0. The number of aromatic nitrogens is 1. The largest absolute Gasteiger partial charge is 0.382 e. The Morgan fingerprint density at radius 2 is 1.65 bits per heavy atom. The highest BCUT2D eigenvalue weighted by Crippen LogP contribution is 2.24. The van der Waals surface area contributed by atoms with E-state index in [1.54, 1.807) is 0 Å². The molecule has 1 aromatic heterocycles. The van der Waals surface area contributed by atoms with Gasteiger partial charge in [-0.1, -0.05) is 60.7 Å². The van der Waals surface area contributed by atoms with Gasteiger partial charge >= 0.3 is 0 Å². The maximum absolute atomic E-state index is 6.29. The van der Waals surface area contributed by atoms with Crippen LogP contribution in [-0.2, 0) is 6.54 Å². The molecule has 3 rings (SSSR count). The number of benzene rings is 2. The van der Waals surface area contributed by atoms with Crippen molar-refractivity contribution in [1.29, 1.82) is 0 Å². The zero-order valence-electron chi connectivity index (χ0n) is 13.1. The molecule has 0 aliphatic rings. The Balaban J connectivity index is 1.96. The lowest BCUT2D eigenvalue weighted by atomic mass is 10.1. The van der Waals surface area contributed by atoms with E-state index < -0.39 is 0 Å². The van der Waals surface area contributed by atoms with Crippen LogP contribution in [0.15, 0.2) is 77.9 Å². The van der Waals surface area contributed by atoms with Crippen LogP contribution in [0.5, 0.6) is 0 Å². The van der Waals surface area contributed by atoms with E-state index in [4.69, 9.17) is 5.73 Å². The van der Waals surface area contributed by atoms with Gasteiger partial charge in [-0.05, 0) is 17.2 Å². The molecule has 0 fully saturated rings. The van der Waals surface area contributed by atoms with Crippen molar-refractivity contribution < 1.29 is 0 Å². The first-order valence-corrected chi connectivity index (χ1v) is 7.58. The fraction of sp³-hybridized carbons (Fsp3) is 0.105. The molecular weight excluding hydrogens is 284 g/mol. The molecule has 0 unspecified atom stereocenters. The lowest BCUT2D eigenvalue weighted by molar-refractivity contribution is 0.918. The normalized spacial score (nSPS) is 11.4. The second kappa shape index (κ2) is 6.83. The van der Waals surface area contributed by atoms with Gasteiger partial charge in [0.1, 0.15) is 11.5 Å². The fourth-order valence-corrected chi connectivity index (χ4v) is 2.57. The predicted octanol–water partition coefficient (Wildman–Crippen LogP) is 3.23. The Labute approximate surface area is 136 Å². The highest BCUT2D eigenvalue weighted by molar-refractivity contribution is 6.02. The van der Waals surface area contributed by atoms with E-state index in [-0.39, 0.29) is 0 Å². The number of amidine groups is 1. The molecule has 1 heterocycles. The van der Waals surface area contributed by atoms with Crippen molar-refractivity contribution in [3.63, 3.8) is 0 Å². The van der Waals surface area contributed by atoms with Crippen molar-refractivity contribution in [3.05, 3.63) is 84.2 Å². The summed E-state index contributed by atoms with van der Waals surface area (Å²) in [6.07, 6.45) is 1.96. The second-order valence-electron chi connectivity index (χ2n) is 5.22. The van der Waals surface area contributed by atoms with Crippen LogP contribution in [-0.4, -0.2) is 17.6 Å². The molecule has 3 aromatic rings. The Morgan fingerprint density at radius 3 is 2.30 bits per heavy atom. The lowest BCUT2D eigenvalue weighted by Crippen LogP contribution is -2.23. The van der Waals surface area contributed by atoms with Gasteiger partial charge < -0.3 is 11.2 Å². The summed E-state index contributed by atoms with van der Waals surface area (Å²) in [7, 11) is 1.86. The van der Waals surface area contributed by atoms with Crippen LogP contribution in [0.2, 0.25) is 0 Å². The van der Waals surface area contributed by atoms with E-state index in [0.29, 0.717) is 12.4 Å². The van der Waals surface area contributed by atoms with Gasteiger partial charge in [0, 0.05) is 18.8 Å². The quantitative estimate of drug-likeness (QED) is 0.561. The zero-order chi connectivity index (χ0) is 16.1. The minimum Gasteiger partial charge on any atom is -0.382 e. The van der Waals surface area contributed by atoms with Gasteiger partial charge in [0.2, 0.25) is 0 Å². The van der Waals surface area contributed by atoms with Crippen molar-refractivity contribution >= 4 is 5.84 Å². The number of nitrogens with one attached hydrogen (secondary N) is 1. The molecule has 0 bridgehead atoms. The van der Waals surface area contributed by atoms with Crippen LogP contribution in [0.1, 0.15) is 11.3 Å². The average Bonchev–Trinajstić information content (AvgIpc) is 3.05. The van der Waals surface area contributed by atoms with Crippen molar-refractivity contribution in [2.75, 3.05) is 12.5 Å². The molecule has 2 aromatic carbocycles. The van der Waals surface area contributed by atoms with Gasteiger partial charge in [-0.3, -0.25) is 9.67 Å². The standard InChI is InChI=1S/C19H20N4/c1-21-23-13-12-17(16-10-6-3-7-11-16)18(23)19(20)22-14-15-8-4-2-5-9-15/h2-13,21H,14H2,1H3,(H2,20,22). The van der Waals surface area contributed by atoms with Gasteiger partial charge in [0.25, 0.3) is 0 Å². The third kappa shape index (κ3) is 3.26. The zero-order valence-corrected chi connectivity index (χ0v) is 13.1. The Morgan fingerprint density at radius 1 is 1.00 bits per heavy atom. The first-order valence-electron chi connectivity index (χ1n) is 7.58. The van der Waals surface area contributed by atoms with Gasteiger partial charge in [-0.15, -0.1) is 0 Å². The first kappa shape index (κ1) is 14.9. The molecule has 0 saturated carbocycles. The second-order valence-corrected chi connectivity index (χ2v) is 5.22. The van der Waals surface area contributed by atoms with Crippen molar-refractivity contribution in [2.24, 2.45) is 10.7 Å². The van der Waals surface area contributed by atoms with Crippen LogP contribution >= 0.6 is 0 Å². The minimum absolute atomic E-state index is 0.520.